The second-order valence-electron chi connectivity index (χ2n) is 11.3. The third-order valence-electron chi connectivity index (χ3n) is 6.03. The van der Waals surface area contributed by atoms with Gasteiger partial charge in [-0.2, -0.15) is 0 Å². The molecule has 0 saturated carbocycles. The van der Waals surface area contributed by atoms with Crippen LogP contribution in [0.15, 0.2) is 53.6 Å². The Balaban J connectivity index is 1.57. The number of ether oxygens (including phenoxy) is 2. The summed E-state index contributed by atoms with van der Waals surface area (Å²) in [7, 11) is -3.99. The Bertz CT molecular complexity index is 1510. The Hall–Kier alpha value is -3.52. The van der Waals surface area contributed by atoms with E-state index in [1.54, 1.807) is 65.1 Å². The van der Waals surface area contributed by atoms with Gasteiger partial charge in [-0.1, -0.05) is 6.07 Å². The molecule has 0 radical (unpaired) electrons. The second kappa shape index (κ2) is 13.2. The van der Waals surface area contributed by atoms with Gasteiger partial charge in [0, 0.05) is 40.3 Å². The zero-order valence-corrected chi connectivity index (χ0v) is 25.9. The van der Waals surface area contributed by atoms with Gasteiger partial charge < -0.3 is 14.8 Å². The Morgan fingerprint density at radius 2 is 1.76 bits per heavy atom. The van der Waals surface area contributed by atoms with Gasteiger partial charge in [-0.25, -0.2) is 27.7 Å². The number of hydrogen-bond donors (Lipinski definition) is 4. The van der Waals surface area contributed by atoms with Crippen molar-refractivity contribution in [3.8, 4) is 21.0 Å². The van der Waals surface area contributed by atoms with Gasteiger partial charge in [-0.05, 0) is 90.4 Å². The van der Waals surface area contributed by atoms with Crippen LogP contribution in [0.2, 0.25) is 0 Å². The Labute approximate surface area is 250 Å². The van der Waals surface area contributed by atoms with Crippen molar-refractivity contribution in [2.24, 2.45) is 0 Å². The number of hydrogen-bond acceptors (Lipinski definition) is 9. The number of sulfonamides is 1. The summed E-state index contributed by atoms with van der Waals surface area (Å²) >= 11 is 1.32. The van der Waals surface area contributed by atoms with Crippen molar-refractivity contribution < 1.29 is 27.5 Å². The maximum atomic E-state index is 13.5. The van der Waals surface area contributed by atoms with E-state index >= 15 is 0 Å². The third-order valence-corrected chi connectivity index (χ3v) is 8.91. The molecular formula is C29H37N5O6S2. The minimum Gasteiger partial charge on any atom is -0.448 e. The minimum atomic E-state index is -3.99. The summed E-state index contributed by atoms with van der Waals surface area (Å²) in [5.41, 5.74) is 1.37. The average Bonchev–Trinajstić information content (AvgIpc) is 3.59. The predicted octanol–water partition coefficient (Wildman–Crippen LogP) is 5.81. The third kappa shape index (κ3) is 8.74. The van der Waals surface area contributed by atoms with E-state index in [1.807, 2.05) is 12.1 Å². The molecule has 4 N–H and O–H groups in total. The van der Waals surface area contributed by atoms with Crippen LogP contribution < -0.4 is 20.7 Å². The van der Waals surface area contributed by atoms with Crippen molar-refractivity contribution in [2.45, 2.75) is 70.0 Å². The predicted molar refractivity (Wildman–Crippen MR) is 164 cm³/mol. The maximum absolute atomic E-state index is 13.5. The number of amides is 2. The monoisotopic (exact) mass is 615 g/mol. The van der Waals surface area contributed by atoms with Crippen LogP contribution in [0, 0.1) is 0 Å². The molecule has 1 aliphatic rings. The molecule has 11 nitrogen and oxygen atoms in total. The molecule has 1 fully saturated rings. The number of rotatable bonds is 9. The molecule has 4 rings (SSSR count). The van der Waals surface area contributed by atoms with Crippen molar-refractivity contribution in [1.29, 1.82) is 0 Å². The van der Waals surface area contributed by atoms with Crippen LogP contribution in [0.3, 0.4) is 0 Å². The molecule has 2 aromatic carbocycles. The van der Waals surface area contributed by atoms with Gasteiger partial charge in [0.1, 0.15) is 11.6 Å². The molecule has 1 saturated heterocycles. The molecule has 1 aromatic heterocycles. The molecule has 2 heterocycles. The first-order valence-corrected chi connectivity index (χ1v) is 16.0. The molecule has 3 aromatic rings. The van der Waals surface area contributed by atoms with Crippen molar-refractivity contribution in [1.82, 2.24) is 15.0 Å². The van der Waals surface area contributed by atoms with E-state index in [1.165, 1.54) is 17.4 Å². The Morgan fingerprint density at radius 1 is 1.07 bits per heavy atom. The standard InChI is InChI=1S/C29H37N5O6S2/c1-18(2)40-28(36)32-20-10-8-19(9-11-20)26-31-16-24(41-26)23-13-12-21(15-25(23)42(37,38)34-29(3,4)5)33-27(35)39-17-22-7-6-14-30-22/h8-13,15-16,18,22,30,34H,6-7,14,17H2,1-5H3,(H,32,36)(H,33,35). The van der Waals surface area contributed by atoms with E-state index in [-0.39, 0.29) is 23.6 Å². The number of nitrogens with one attached hydrogen (secondary N) is 4. The molecule has 2 amide bonds. The number of carbonyl (C=O) groups is 2. The maximum Gasteiger partial charge on any atom is 0.411 e. The molecule has 1 unspecified atom stereocenters. The van der Waals surface area contributed by atoms with E-state index in [0.717, 1.165) is 24.9 Å². The van der Waals surface area contributed by atoms with Crippen LogP contribution in [-0.4, -0.2) is 56.4 Å². The zero-order chi connectivity index (χ0) is 30.5. The van der Waals surface area contributed by atoms with Crippen LogP contribution in [0.5, 0.6) is 0 Å². The van der Waals surface area contributed by atoms with Crippen molar-refractivity contribution in [2.75, 3.05) is 23.8 Å². The van der Waals surface area contributed by atoms with Crippen LogP contribution in [0.25, 0.3) is 21.0 Å². The first kappa shape index (κ1) is 31.4. The summed E-state index contributed by atoms with van der Waals surface area (Å²) in [5, 5.41) is 9.25. The van der Waals surface area contributed by atoms with E-state index in [0.29, 0.717) is 26.8 Å². The highest BCUT2D eigenvalue weighted by molar-refractivity contribution is 7.89. The molecule has 1 atom stereocenters. The van der Waals surface area contributed by atoms with Crippen molar-refractivity contribution >= 4 is 44.9 Å². The number of aromatic nitrogens is 1. The van der Waals surface area contributed by atoms with Crippen LogP contribution in [0.1, 0.15) is 47.5 Å². The molecule has 0 spiro atoms. The average molecular weight is 616 g/mol. The molecule has 0 aliphatic carbocycles. The van der Waals surface area contributed by atoms with Gasteiger partial charge in [-0.15, -0.1) is 11.3 Å². The van der Waals surface area contributed by atoms with Gasteiger partial charge in [0.15, 0.2) is 0 Å². The van der Waals surface area contributed by atoms with E-state index < -0.39 is 27.7 Å². The summed E-state index contributed by atoms with van der Waals surface area (Å²) < 4.78 is 40.2. The highest BCUT2D eigenvalue weighted by Crippen LogP contribution is 2.37. The first-order chi connectivity index (χ1) is 19.8. The van der Waals surface area contributed by atoms with Gasteiger partial charge in [0.05, 0.1) is 15.9 Å². The fourth-order valence-corrected chi connectivity index (χ4v) is 6.99. The second-order valence-corrected chi connectivity index (χ2v) is 14.0. The molecule has 1 aliphatic heterocycles. The quantitative estimate of drug-likeness (QED) is 0.236. The van der Waals surface area contributed by atoms with Gasteiger partial charge in [0.25, 0.3) is 0 Å². The zero-order valence-electron chi connectivity index (χ0n) is 24.3. The fraction of sp³-hybridized carbons (Fsp3) is 0.414. The SMILES string of the molecule is CC(C)OC(=O)Nc1ccc(-c2ncc(-c3ccc(NC(=O)OCC4CCCN4)cc3S(=O)(=O)NC(C)(C)C)s2)cc1. The molecule has 226 valence electrons. The molecule has 13 heteroatoms. The Kier molecular flexibility index (Phi) is 9.87. The normalized spacial score (nSPS) is 15.4. The van der Waals surface area contributed by atoms with Gasteiger partial charge >= 0.3 is 12.2 Å². The summed E-state index contributed by atoms with van der Waals surface area (Å²) in [6.45, 7) is 9.95. The fourth-order valence-electron chi connectivity index (χ4n) is 4.30. The van der Waals surface area contributed by atoms with Crippen molar-refractivity contribution in [3.05, 3.63) is 48.7 Å². The summed E-state index contributed by atoms with van der Waals surface area (Å²) in [6, 6.07) is 11.9. The Morgan fingerprint density at radius 3 is 2.40 bits per heavy atom. The van der Waals surface area contributed by atoms with Crippen LogP contribution in [-0.2, 0) is 19.5 Å². The van der Waals surface area contributed by atoms with Crippen molar-refractivity contribution in [3.63, 3.8) is 0 Å². The molecule has 0 bridgehead atoms. The minimum absolute atomic E-state index is 0.00565. The lowest BCUT2D eigenvalue weighted by atomic mass is 10.1. The molecular weight excluding hydrogens is 578 g/mol. The van der Waals surface area contributed by atoms with Crippen LogP contribution in [0.4, 0.5) is 21.0 Å². The summed E-state index contributed by atoms with van der Waals surface area (Å²) in [6.07, 6.45) is 2.17. The molecule has 42 heavy (non-hydrogen) atoms. The van der Waals surface area contributed by atoms with Crippen LogP contribution >= 0.6 is 11.3 Å². The number of carbonyl (C=O) groups excluding carboxylic acids is 2. The summed E-state index contributed by atoms with van der Waals surface area (Å²) in [4.78, 5) is 29.5. The van der Waals surface area contributed by atoms with E-state index in [2.05, 4.69) is 25.7 Å². The topological polar surface area (TPSA) is 148 Å². The lowest BCUT2D eigenvalue weighted by molar-refractivity contribution is 0.130. The lowest BCUT2D eigenvalue weighted by Gasteiger charge is -2.22. The van der Waals surface area contributed by atoms with E-state index in [4.69, 9.17) is 9.47 Å². The van der Waals surface area contributed by atoms with Gasteiger partial charge in [0.2, 0.25) is 10.0 Å². The summed E-state index contributed by atoms with van der Waals surface area (Å²) in [5.74, 6) is 0. The number of thiazole rings is 1. The smallest absolute Gasteiger partial charge is 0.411 e. The van der Waals surface area contributed by atoms with Gasteiger partial charge in [-0.3, -0.25) is 10.6 Å². The number of nitrogens with zero attached hydrogens (tertiary/aromatic N) is 1. The van der Waals surface area contributed by atoms with E-state index in [9.17, 15) is 18.0 Å². The largest absolute Gasteiger partial charge is 0.448 e. The highest BCUT2D eigenvalue weighted by atomic mass is 32.2. The number of anilines is 2. The highest BCUT2D eigenvalue weighted by Gasteiger charge is 2.27. The first-order valence-electron chi connectivity index (χ1n) is 13.7. The number of benzene rings is 2. The lowest BCUT2D eigenvalue weighted by Crippen LogP contribution is -2.40.